The predicted octanol–water partition coefficient (Wildman–Crippen LogP) is 0.475. The second-order valence-corrected chi connectivity index (χ2v) is 7.54. The van der Waals surface area contributed by atoms with Crippen LogP contribution in [0.3, 0.4) is 0 Å². The normalized spacial score (nSPS) is 15.6. The third-order valence-corrected chi connectivity index (χ3v) is 5.15. The van der Waals surface area contributed by atoms with Gasteiger partial charge in [-0.1, -0.05) is 0 Å². The average Bonchev–Trinajstić information content (AvgIpc) is 2.77. The van der Waals surface area contributed by atoms with Gasteiger partial charge in [-0.25, -0.2) is 8.42 Å². The zero-order valence-electron chi connectivity index (χ0n) is 13.1. The van der Waals surface area contributed by atoms with Crippen LogP contribution in [0, 0.1) is 0 Å². The summed E-state index contributed by atoms with van der Waals surface area (Å²) in [5.41, 5.74) is 5.41. The number of carbonyl (C=O) groups excluding carboxylic acids is 1. The molecule has 1 amide bonds. The topological polar surface area (TPSA) is 108 Å². The minimum atomic E-state index is -3.57. The van der Waals surface area contributed by atoms with E-state index < -0.39 is 9.84 Å². The first-order valence-corrected chi connectivity index (χ1v) is 9.19. The van der Waals surface area contributed by atoms with Gasteiger partial charge in [0.1, 0.15) is 0 Å². The highest BCUT2D eigenvalue weighted by atomic mass is 32.2. The fourth-order valence-electron chi connectivity index (χ4n) is 2.09. The Bertz CT molecular complexity index is 660. The number of nitrogens with two attached hydrogens (primary N) is 1. The van der Waals surface area contributed by atoms with Crippen molar-refractivity contribution in [3.8, 4) is 11.5 Å². The molecule has 1 aromatic rings. The lowest BCUT2D eigenvalue weighted by Gasteiger charge is -2.12. The molecular formula is C15H22N2O5S. The number of hydrogen-bond donors (Lipinski definition) is 2. The summed E-state index contributed by atoms with van der Waals surface area (Å²) in [5, 5.41) is 2.64. The number of sulfone groups is 1. The maximum absolute atomic E-state index is 12.4. The SMILES string of the molecule is C[C@@H](CN)NC(=O)CCS(=O)(=O)c1ccc2c(c1)OCCCO2. The lowest BCUT2D eigenvalue weighted by atomic mass is 10.3. The molecule has 0 aliphatic carbocycles. The molecule has 2 rings (SSSR count). The Morgan fingerprint density at radius 2 is 2.00 bits per heavy atom. The number of rotatable bonds is 6. The van der Waals surface area contributed by atoms with E-state index in [2.05, 4.69) is 5.32 Å². The highest BCUT2D eigenvalue weighted by Crippen LogP contribution is 2.32. The summed E-state index contributed by atoms with van der Waals surface area (Å²) in [4.78, 5) is 11.8. The van der Waals surface area contributed by atoms with Crippen molar-refractivity contribution >= 4 is 15.7 Å². The minimum absolute atomic E-state index is 0.110. The number of amides is 1. The number of fused-ring (bicyclic) bond motifs is 1. The Hall–Kier alpha value is -1.80. The van der Waals surface area contributed by atoms with Crippen molar-refractivity contribution in [3.63, 3.8) is 0 Å². The molecule has 128 valence electrons. The Kier molecular flexibility index (Phi) is 5.84. The van der Waals surface area contributed by atoms with Gasteiger partial charge in [0.2, 0.25) is 5.91 Å². The van der Waals surface area contributed by atoms with E-state index in [9.17, 15) is 13.2 Å². The van der Waals surface area contributed by atoms with Crippen molar-refractivity contribution in [2.75, 3.05) is 25.5 Å². The predicted molar refractivity (Wildman–Crippen MR) is 85.4 cm³/mol. The number of nitrogens with one attached hydrogen (secondary N) is 1. The first-order chi connectivity index (χ1) is 10.9. The van der Waals surface area contributed by atoms with Crippen molar-refractivity contribution in [2.45, 2.75) is 30.7 Å². The first-order valence-electron chi connectivity index (χ1n) is 7.54. The van der Waals surface area contributed by atoms with Gasteiger partial charge in [-0.05, 0) is 19.1 Å². The molecule has 1 aliphatic rings. The lowest BCUT2D eigenvalue weighted by Crippen LogP contribution is -2.38. The molecule has 23 heavy (non-hydrogen) atoms. The fraction of sp³-hybridized carbons (Fsp3) is 0.533. The maximum Gasteiger partial charge on any atom is 0.221 e. The van der Waals surface area contributed by atoms with Crippen LogP contribution in [0.25, 0.3) is 0 Å². The van der Waals surface area contributed by atoms with Gasteiger partial charge in [0.25, 0.3) is 0 Å². The van der Waals surface area contributed by atoms with Crippen LogP contribution < -0.4 is 20.5 Å². The Morgan fingerprint density at radius 3 is 2.70 bits per heavy atom. The second-order valence-electron chi connectivity index (χ2n) is 5.43. The molecule has 0 fully saturated rings. The van der Waals surface area contributed by atoms with Crippen LogP contribution in [0.2, 0.25) is 0 Å². The molecule has 7 nitrogen and oxygen atoms in total. The van der Waals surface area contributed by atoms with Crippen LogP contribution in [0.4, 0.5) is 0 Å². The van der Waals surface area contributed by atoms with Crippen molar-refractivity contribution < 1.29 is 22.7 Å². The molecule has 0 unspecified atom stereocenters. The average molecular weight is 342 g/mol. The molecule has 1 atom stereocenters. The fourth-order valence-corrected chi connectivity index (χ4v) is 3.34. The quantitative estimate of drug-likeness (QED) is 0.778. The van der Waals surface area contributed by atoms with Gasteiger partial charge >= 0.3 is 0 Å². The molecule has 0 radical (unpaired) electrons. The van der Waals surface area contributed by atoms with Gasteiger partial charge in [-0.3, -0.25) is 4.79 Å². The summed E-state index contributed by atoms with van der Waals surface area (Å²) in [6.07, 6.45) is 0.636. The molecule has 0 saturated heterocycles. The molecule has 0 spiro atoms. The summed E-state index contributed by atoms with van der Waals surface area (Å²) >= 11 is 0. The van der Waals surface area contributed by atoms with Gasteiger partial charge in [-0.2, -0.15) is 0 Å². The third kappa shape index (κ3) is 4.84. The van der Waals surface area contributed by atoms with Crippen molar-refractivity contribution in [1.82, 2.24) is 5.32 Å². The molecule has 1 heterocycles. The van der Waals surface area contributed by atoms with Crippen molar-refractivity contribution in [3.05, 3.63) is 18.2 Å². The standard InChI is InChI=1S/C15H22N2O5S/c1-11(10-16)17-15(18)5-8-23(19,20)12-3-4-13-14(9-12)22-7-2-6-21-13/h3-4,9,11H,2,5-8,10,16H2,1H3,(H,17,18)/t11-/m0/s1. The van der Waals surface area contributed by atoms with E-state index >= 15 is 0 Å². The zero-order valence-corrected chi connectivity index (χ0v) is 13.9. The summed E-state index contributed by atoms with van der Waals surface area (Å²) in [7, 11) is -3.57. The molecule has 0 aromatic heterocycles. The minimum Gasteiger partial charge on any atom is -0.490 e. The molecule has 0 bridgehead atoms. The molecular weight excluding hydrogens is 320 g/mol. The number of hydrogen-bond acceptors (Lipinski definition) is 6. The molecule has 0 saturated carbocycles. The van der Waals surface area contributed by atoms with Crippen LogP contribution in [0.5, 0.6) is 11.5 Å². The van der Waals surface area contributed by atoms with Gasteiger partial charge in [0.05, 0.1) is 23.9 Å². The highest BCUT2D eigenvalue weighted by molar-refractivity contribution is 7.91. The van der Waals surface area contributed by atoms with Crippen LogP contribution >= 0.6 is 0 Å². The van der Waals surface area contributed by atoms with Crippen LogP contribution in [0.1, 0.15) is 19.8 Å². The largest absolute Gasteiger partial charge is 0.490 e. The zero-order chi connectivity index (χ0) is 16.9. The first kappa shape index (κ1) is 17.6. The summed E-state index contributed by atoms with van der Waals surface area (Å²) < 4.78 is 35.7. The van der Waals surface area contributed by atoms with E-state index in [1.54, 1.807) is 13.0 Å². The van der Waals surface area contributed by atoms with Crippen LogP contribution in [0.15, 0.2) is 23.1 Å². The second kappa shape index (κ2) is 7.65. The van der Waals surface area contributed by atoms with E-state index in [1.807, 2.05) is 0 Å². The maximum atomic E-state index is 12.4. The van der Waals surface area contributed by atoms with Gasteiger partial charge in [-0.15, -0.1) is 0 Å². The van der Waals surface area contributed by atoms with Crippen molar-refractivity contribution in [1.29, 1.82) is 0 Å². The number of carbonyl (C=O) groups is 1. The molecule has 8 heteroatoms. The van der Waals surface area contributed by atoms with E-state index in [0.717, 1.165) is 6.42 Å². The van der Waals surface area contributed by atoms with E-state index in [1.165, 1.54) is 12.1 Å². The number of benzene rings is 1. The monoisotopic (exact) mass is 342 g/mol. The van der Waals surface area contributed by atoms with Crippen LogP contribution in [-0.2, 0) is 14.6 Å². The van der Waals surface area contributed by atoms with Gasteiger partial charge < -0.3 is 20.5 Å². The third-order valence-electron chi connectivity index (χ3n) is 3.44. The summed E-state index contributed by atoms with van der Waals surface area (Å²) in [5.74, 6) is 0.358. The summed E-state index contributed by atoms with van der Waals surface area (Å²) in [6.45, 7) is 3.09. The smallest absolute Gasteiger partial charge is 0.221 e. The Labute approximate surface area is 136 Å². The highest BCUT2D eigenvalue weighted by Gasteiger charge is 2.20. The molecule has 3 N–H and O–H groups in total. The molecule has 1 aliphatic heterocycles. The Balaban J connectivity index is 2.05. The van der Waals surface area contributed by atoms with Gasteiger partial charge in [0.15, 0.2) is 21.3 Å². The van der Waals surface area contributed by atoms with E-state index in [0.29, 0.717) is 31.3 Å². The van der Waals surface area contributed by atoms with E-state index in [4.69, 9.17) is 15.2 Å². The van der Waals surface area contributed by atoms with Crippen LogP contribution in [-0.4, -0.2) is 45.9 Å². The van der Waals surface area contributed by atoms with E-state index in [-0.39, 0.29) is 29.0 Å². The van der Waals surface area contributed by atoms with Crippen molar-refractivity contribution in [2.24, 2.45) is 5.73 Å². The number of ether oxygens (including phenoxy) is 2. The molecule has 1 aromatic carbocycles. The van der Waals surface area contributed by atoms with Gasteiger partial charge in [0, 0.05) is 31.5 Å². The Morgan fingerprint density at radius 1 is 1.30 bits per heavy atom. The lowest BCUT2D eigenvalue weighted by molar-refractivity contribution is -0.121. The summed E-state index contributed by atoms with van der Waals surface area (Å²) in [6, 6.07) is 4.34.